The Balaban J connectivity index is 1.24. The van der Waals surface area contributed by atoms with Gasteiger partial charge in [0.15, 0.2) is 0 Å². The van der Waals surface area contributed by atoms with Gasteiger partial charge in [-0.1, -0.05) is 24.3 Å². The van der Waals surface area contributed by atoms with Crippen LogP contribution in [-0.4, -0.2) is 45.7 Å². The van der Waals surface area contributed by atoms with Gasteiger partial charge in [0.2, 0.25) is 5.91 Å². The number of nitrogens with zero attached hydrogens (tertiary/aromatic N) is 3. The molecule has 0 unspecified atom stereocenters. The molecule has 0 atom stereocenters. The number of aromatic nitrogens is 2. The van der Waals surface area contributed by atoms with Gasteiger partial charge in [0.05, 0.1) is 6.54 Å². The van der Waals surface area contributed by atoms with E-state index >= 15 is 0 Å². The summed E-state index contributed by atoms with van der Waals surface area (Å²) in [7, 11) is 0. The van der Waals surface area contributed by atoms with E-state index in [9.17, 15) is 18.4 Å². The lowest BCUT2D eigenvalue weighted by atomic mass is 9.96. The molecule has 1 saturated heterocycles. The molecule has 0 spiro atoms. The van der Waals surface area contributed by atoms with Crippen molar-refractivity contribution in [2.24, 2.45) is 0 Å². The summed E-state index contributed by atoms with van der Waals surface area (Å²) in [6, 6.07) is 20.5. The van der Waals surface area contributed by atoms with Gasteiger partial charge in [-0.05, 0) is 65.2 Å². The second-order valence-electron chi connectivity index (χ2n) is 10.5. The van der Waals surface area contributed by atoms with Crippen LogP contribution < -0.4 is 5.32 Å². The summed E-state index contributed by atoms with van der Waals surface area (Å²) in [5.41, 5.74) is 5.44. The lowest BCUT2D eigenvalue weighted by Gasteiger charge is -2.31. The number of fused-ring (bicyclic) bond motifs is 1. The van der Waals surface area contributed by atoms with Crippen molar-refractivity contribution >= 4 is 28.9 Å². The van der Waals surface area contributed by atoms with Gasteiger partial charge in [-0.25, -0.2) is 8.78 Å². The van der Waals surface area contributed by atoms with Crippen molar-refractivity contribution in [3.05, 3.63) is 114 Å². The molecule has 43 heavy (non-hydrogen) atoms. The molecule has 0 saturated carbocycles. The van der Waals surface area contributed by atoms with E-state index in [1.807, 2.05) is 48.5 Å². The minimum atomic E-state index is -2.71. The fourth-order valence-corrected chi connectivity index (χ4v) is 5.10. The Morgan fingerprint density at radius 3 is 2.35 bits per heavy atom. The average Bonchev–Trinajstić information content (AvgIpc) is 3.46. The van der Waals surface area contributed by atoms with Crippen LogP contribution in [0, 0.1) is 0 Å². The summed E-state index contributed by atoms with van der Waals surface area (Å²) in [6.45, 7) is 0.289. The van der Waals surface area contributed by atoms with Crippen molar-refractivity contribution in [1.82, 2.24) is 20.2 Å². The summed E-state index contributed by atoms with van der Waals surface area (Å²) in [6.07, 6.45) is 9.32. The van der Waals surface area contributed by atoms with Crippen molar-refractivity contribution in [3.63, 3.8) is 0 Å². The standard InChI is InChI=1S/C34H28F2N4O3/c35-34(36)11-15-40(16-12-34)33(42)25-8-6-24(7-9-25)27-17-28-18-29(22-39-31(41)10-5-23-3-1-13-37-20-23)43-32(28)30(19-27)26-4-2-14-38-21-26/h1-10,13-14,17-21H,11-12,15-16,22H2,(H,39,41)/b10-5+. The number of likely N-dealkylation sites (tertiary alicyclic amines) is 1. The molecule has 1 N–H and O–H groups in total. The van der Waals surface area contributed by atoms with Crippen molar-refractivity contribution < 1.29 is 22.8 Å². The van der Waals surface area contributed by atoms with Crippen LogP contribution in [0.1, 0.15) is 34.5 Å². The van der Waals surface area contributed by atoms with E-state index in [0.717, 1.165) is 33.2 Å². The van der Waals surface area contributed by atoms with E-state index in [4.69, 9.17) is 4.42 Å². The number of piperidine rings is 1. The van der Waals surface area contributed by atoms with Crippen molar-refractivity contribution in [2.45, 2.75) is 25.3 Å². The molecule has 4 heterocycles. The van der Waals surface area contributed by atoms with Crippen LogP contribution in [-0.2, 0) is 11.3 Å². The number of hydrogen-bond donors (Lipinski definition) is 1. The Morgan fingerprint density at radius 2 is 1.65 bits per heavy atom. The minimum absolute atomic E-state index is 0.0444. The monoisotopic (exact) mass is 578 g/mol. The van der Waals surface area contributed by atoms with E-state index < -0.39 is 5.92 Å². The number of hydrogen-bond acceptors (Lipinski definition) is 5. The Labute approximate surface area is 246 Å². The van der Waals surface area contributed by atoms with Gasteiger partial charge in [-0.2, -0.15) is 0 Å². The van der Waals surface area contributed by atoms with E-state index in [-0.39, 0.29) is 44.3 Å². The number of carbonyl (C=O) groups is 2. The molecule has 5 aromatic rings. The van der Waals surface area contributed by atoms with E-state index in [0.29, 0.717) is 16.9 Å². The van der Waals surface area contributed by atoms with Crippen LogP contribution in [0.15, 0.2) is 102 Å². The predicted molar refractivity (Wildman–Crippen MR) is 160 cm³/mol. The van der Waals surface area contributed by atoms with Crippen LogP contribution in [0.5, 0.6) is 0 Å². The molecule has 3 aromatic heterocycles. The van der Waals surface area contributed by atoms with Crippen molar-refractivity contribution in [1.29, 1.82) is 0 Å². The molecular weight excluding hydrogens is 550 g/mol. The molecule has 1 aliphatic heterocycles. The molecule has 1 aliphatic rings. The summed E-state index contributed by atoms with van der Waals surface area (Å²) in [5, 5.41) is 3.70. The predicted octanol–water partition coefficient (Wildman–Crippen LogP) is 6.76. The number of furan rings is 1. The number of alkyl halides is 2. The van der Waals surface area contributed by atoms with Gasteiger partial charge in [0, 0.05) is 78.9 Å². The Kier molecular flexibility index (Phi) is 7.79. The normalized spacial score (nSPS) is 14.7. The van der Waals surface area contributed by atoms with Crippen LogP contribution in [0.2, 0.25) is 0 Å². The number of nitrogens with one attached hydrogen (secondary N) is 1. The molecule has 0 bridgehead atoms. The first kappa shape index (κ1) is 28.0. The molecule has 0 radical (unpaired) electrons. The van der Waals surface area contributed by atoms with Gasteiger partial charge in [-0.15, -0.1) is 0 Å². The van der Waals surface area contributed by atoms with E-state index in [2.05, 4.69) is 15.3 Å². The number of benzene rings is 2. The molecule has 0 aliphatic carbocycles. The SMILES string of the molecule is O=C(/C=C/c1cccnc1)NCc1cc2cc(-c3ccc(C(=O)N4CCC(F)(F)CC4)cc3)cc(-c3cccnc3)c2o1. The molecular formula is C34H28F2N4O3. The van der Waals surface area contributed by atoms with Gasteiger partial charge in [0.25, 0.3) is 11.8 Å². The quantitative estimate of drug-likeness (QED) is 0.216. The first-order valence-corrected chi connectivity index (χ1v) is 13.9. The highest BCUT2D eigenvalue weighted by Crippen LogP contribution is 2.36. The number of rotatable bonds is 7. The average molecular weight is 579 g/mol. The summed E-state index contributed by atoms with van der Waals surface area (Å²) < 4.78 is 33.3. The van der Waals surface area contributed by atoms with E-state index in [1.165, 1.54) is 11.0 Å². The van der Waals surface area contributed by atoms with Crippen LogP contribution in [0.25, 0.3) is 39.3 Å². The largest absolute Gasteiger partial charge is 0.459 e. The zero-order valence-electron chi connectivity index (χ0n) is 23.2. The van der Waals surface area contributed by atoms with Gasteiger partial charge < -0.3 is 14.6 Å². The second-order valence-corrected chi connectivity index (χ2v) is 10.5. The molecule has 2 aromatic carbocycles. The number of pyridine rings is 2. The van der Waals surface area contributed by atoms with E-state index in [1.54, 1.807) is 49.1 Å². The van der Waals surface area contributed by atoms with Gasteiger partial charge in [-0.3, -0.25) is 19.6 Å². The lowest BCUT2D eigenvalue weighted by Crippen LogP contribution is -2.42. The zero-order valence-corrected chi connectivity index (χ0v) is 23.2. The maximum absolute atomic E-state index is 13.5. The molecule has 1 fully saturated rings. The molecule has 2 amide bonds. The van der Waals surface area contributed by atoms with Gasteiger partial charge >= 0.3 is 0 Å². The van der Waals surface area contributed by atoms with Crippen LogP contribution in [0.4, 0.5) is 8.78 Å². The molecule has 9 heteroatoms. The summed E-state index contributed by atoms with van der Waals surface area (Å²) >= 11 is 0. The highest BCUT2D eigenvalue weighted by molar-refractivity contribution is 5.98. The maximum atomic E-state index is 13.5. The fourth-order valence-electron chi connectivity index (χ4n) is 5.10. The Morgan fingerprint density at radius 1 is 0.907 bits per heavy atom. The van der Waals surface area contributed by atoms with Gasteiger partial charge in [0.1, 0.15) is 11.3 Å². The highest BCUT2D eigenvalue weighted by Gasteiger charge is 2.35. The summed E-state index contributed by atoms with van der Waals surface area (Å²) in [5.74, 6) is -2.62. The Bertz CT molecular complexity index is 1780. The third kappa shape index (κ3) is 6.51. The Hall–Kier alpha value is -5.18. The van der Waals surface area contributed by atoms with Crippen LogP contribution in [0.3, 0.4) is 0 Å². The number of amides is 2. The second kappa shape index (κ2) is 12.0. The minimum Gasteiger partial charge on any atom is -0.459 e. The zero-order chi connectivity index (χ0) is 29.8. The smallest absolute Gasteiger partial charge is 0.253 e. The number of carbonyl (C=O) groups excluding carboxylic acids is 2. The third-order valence-corrected chi connectivity index (χ3v) is 7.44. The van der Waals surface area contributed by atoms with Crippen molar-refractivity contribution in [2.75, 3.05) is 13.1 Å². The summed E-state index contributed by atoms with van der Waals surface area (Å²) in [4.78, 5) is 35.1. The topological polar surface area (TPSA) is 88.3 Å². The first-order chi connectivity index (χ1) is 20.8. The fraction of sp³-hybridized carbons (Fsp3) is 0.176. The third-order valence-electron chi connectivity index (χ3n) is 7.44. The molecule has 6 rings (SSSR count). The maximum Gasteiger partial charge on any atom is 0.253 e. The van der Waals surface area contributed by atoms with Crippen LogP contribution >= 0.6 is 0 Å². The highest BCUT2D eigenvalue weighted by atomic mass is 19.3. The lowest BCUT2D eigenvalue weighted by molar-refractivity contribution is -0.116. The number of halogens is 2. The van der Waals surface area contributed by atoms with Crippen molar-refractivity contribution in [3.8, 4) is 22.3 Å². The first-order valence-electron chi connectivity index (χ1n) is 13.9. The molecule has 216 valence electrons. The molecule has 7 nitrogen and oxygen atoms in total.